The van der Waals surface area contributed by atoms with E-state index in [2.05, 4.69) is 16.7 Å². The first-order chi connectivity index (χ1) is 10.2. The number of nitro benzene ring substituents is 1. The zero-order valence-corrected chi connectivity index (χ0v) is 11.7. The minimum absolute atomic E-state index is 0.0428. The van der Waals surface area contributed by atoms with Gasteiger partial charge in [0.15, 0.2) is 0 Å². The minimum atomic E-state index is -0.421. The second-order valence-corrected chi connectivity index (χ2v) is 4.97. The molecule has 1 aromatic rings. The molecule has 0 unspecified atom stereocenters. The van der Waals surface area contributed by atoms with Crippen LogP contribution in [0.1, 0.15) is 19.3 Å². The van der Waals surface area contributed by atoms with Gasteiger partial charge in [0.1, 0.15) is 5.69 Å². The van der Waals surface area contributed by atoms with Gasteiger partial charge >= 0.3 is 0 Å². The van der Waals surface area contributed by atoms with E-state index in [1.165, 1.54) is 6.07 Å². The summed E-state index contributed by atoms with van der Waals surface area (Å²) in [4.78, 5) is 22.3. The number of rotatable bonds is 6. The van der Waals surface area contributed by atoms with E-state index in [9.17, 15) is 14.9 Å². The van der Waals surface area contributed by atoms with E-state index < -0.39 is 4.92 Å². The second-order valence-electron chi connectivity index (χ2n) is 4.97. The summed E-state index contributed by atoms with van der Waals surface area (Å²) in [6.07, 6.45) is 6.77. The molecule has 1 aliphatic rings. The number of carbonyl (C=O) groups is 1. The summed E-state index contributed by atoms with van der Waals surface area (Å²) in [5.41, 5.74) is 0.513. The van der Waals surface area contributed by atoms with Crippen LogP contribution in [-0.4, -0.2) is 23.9 Å². The van der Waals surface area contributed by atoms with Crippen molar-refractivity contribution in [1.82, 2.24) is 5.32 Å². The van der Waals surface area contributed by atoms with Gasteiger partial charge in [-0.05, 0) is 25.3 Å². The van der Waals surface area contributed by atoms with Crippen LogP contribution in [0, 0.1) is 16.0 Å². The van der Waals surface area contributed by atoms with Crippen molar-refractivity contribution in [2.24, 2.45) is 5.92 Å². The summed E-state index contributed by atoms with van der Waals surface area (Å²) in [6, 6.07) is 6.48. The number of allylic oxidation sites excluding steroid dienone is 2. The highest BCUT2D eigenvalue weighted by molar-refractivity contribution is 5.79. The SMILES string of the molecule is O=C(NCCNc1ccccc1[N+](=O)[O-])[C@@H]1CC=CCC1. The van der Waals surface area contributed by atoms with Crippen LogP contribution in [0.5, 0.6) is 0 Å². The normalized spacial score (nSPS) is 17.2. The highest BCUT2D eigenvalue weighted by Gasteiger charge is 2.18. The first-order valence-corrected chi connectivity index (χ1v) is 7.08. The Balaban J connectivity index is 1.76. The Morgan fingerprint density at radius 1 is 1.29 bits per heavy atom. The Hall–Kier alpha value is -2.37. The number of hydrogen-bond donors (Lipinski definition) is 2. The van der Waals surface area contributed by atoms with Gasteiger partial charge in [-0.15, -0.1) is 0 Å². The van der Waals surface area contributed by atoms with Crippen LogP contribution in [0.3, 0.4) is 0 Å². The first kappa shape index (κ1) is 15.0. The van der Waals surface area contributed by atoms with E-state index in [1.807, 2.05) is 6.08 Å². The van der Waals surface area contributed by atoms with E-state index in [-0.39, 0.29) is 17.5 Å². The monoisotopic (exact) mass is 289 g/mol. The van der Waals surface area contributed by atoms with Gasteiger partial charge < -0.3 is 10.6 Å². The van der Waals surface area contributed by atoms with Gasteiger partial charge in [0.25, 0.3) is 5.69 Å². The number of benzene rings is 1. The molecule has 1 aliphatic carbocycles. The second kappa shape index (κ2) is 7.42. The van der Waals surface area contributed by atoms with Gasteiger partial charge in [-0.25, -0.2) is 0 Å². The Labute approximate surface area is 123 Å². The molecule has 0 fully saturated rings. The topological polar surface area (TPSA) is 84.3 Å². The van der Waals surface area contributed by atoms with Crippen molar-refractivity contribution >= 4 is 17.3 Å². The van der Waals surface area contributed by atoms with Crippen molar-refractivity contribution < 1.29 is 9.72 Å². The van der Waals surface area contributed by atoms with Crippen molar-refractivity contribution in [3.05, 3.63) is 46.5 Å². The molecule has 0 saturated carbocycles. The smallest absolute Gasteiger partial charge is 0.292 e. The predicted octanol–water partition coefficient (Wildman–Crippen LogP) is 2.48. The van der Waals surface area contributed by atoms with E-state index in [1.54, 1.807) is 18.2 Å². The van der Waals surface area contributed by atoms with Crippen molar-refractivity contribution in [3.8, 4) is 0 Å². The standard InChI is InChI=1S/C15H19N3O3/c19-15(12-6-2-1-3-7-12)17-11-10-16-13-8-4-5-9-14(13)18(20)21/h1-2,4-5,8-9,12,16H,3,6-7,10-11H2,(H,17,19)/t12-/m1/s1. The van der Waals surface area contributed by atoms with Crippen LogP contribution < -0.4 is 10.6 Å². The molecule has 0 aliphatic heterocycles. The molecule has 6 nitrogen and oxygen atoms in total. The molecular weight excluding hydrogens is 270 g/mol. The third kappa shape index (κ3) is 4.30. The Morgan fingerprint density at radius 3 is 2.81 bits per heavy atom. The fraction of sp³-hybridized carbons (Fsp3) is 0.400. The van der Waals surface area contributed by atoms with Crippen LogP contribution in [0.25, 0.3) is 0 Å². The predicted molar refractivity (Wildman–Crippen MR) is 81.1 cm³/mol. The van der Waals surface area contributed by atoms with E-state index >= 15 is 0 Å². The van der Waals surface area contributed by atoms with Gasteiger partial charge in [-0.3, -0.25) is 14.9 Å². The van der Waals surface area contributed by atoms with Gasteiger partial charge in [-0.1, -0.05) is 24.3 Å². The molecule has 21 heavy (non-hydrogen) atoms. The van der Waals surface area contributed by atoms with E-state index in [4.69, 9.17) is 0 Å². The molecule has 0 bridgehead atoms. The fourth-order valence-corrected chi connectivity index (χ4v) is 2.34. The molecular formula is C15H19N3O3. The molecule has 1 aromatic carbocycles. The Bertz CT molecular complexity index is 543. The zero-order chi connectivity index (χ0) is 15.1. The largest absolute Gasteiger partial charge is 0.378 e. The third-order valence-electron chi connectivity index (χ3n) is 3.48. The van der Waals surface area contributed by atoms with Gasteiger partial charge in [-0.2, -0.15) is 0 Å². The van der Waals surface area contributed by atoms with Crippen LogP contribution in [0.4, 0.5) is 11.4 Å². The molecule has 0 spiro atoms. The zero-order valence-electron chi connectivity index (χ0n) is 11.7. The lowest BCUT2D eigenvalue weighted by molar-refractivity contribution is -0.384. The molecule has 0 radical (unpaired) electrons. The number of nitrogens with one attached hydrogen (secondary N) is 2. The number of para-hydroxylation sites is 2. The number of amides is 1. The first-order valence-electron chi connectivity index (χ1n) is 7.08. The van der Waals surface area contributed by atoms with Crippen molar-refractivity contribution in [2.75, 3.05) is 18.4 Å². The summed E-state index contributed by atoms with van der Waals surface area (Å²) >= 11 is 0. The molecule has 0 aromatic heterocycles. The molecule has 0 heterocycles. The minimum Gasteiger partial charge on any atom is -0.378 e. The number of carbonyl (C=O) groups excluding carboxylic acids is 1. The number of anilines is 1. The number of nitro groups is 1. The summed E-state index contributed by atoms with van der Waals surface area (Å²) in [7, 11) is 0. The Kier molecular flexibility index (Phi) is 5.31. The molecule has 6 heteroatoms. The van der Waals surface area contributed by atoms with Crippen LogP contribution >= 0.6 is 0 Å². The molecule has 2 N–H and O–H groups in total. The van der Waals surface area contributed by atoms with Gasteiger partial charge in [0.05, 0.1) is 4.92 Å². The van der Waals surface area contributed by atoms with Crippen molar-refractivity contribution in [2.45, 2.75) is 19.3 Å². The highest BCUT2D eigenvalue weighted by atomic mass is 16.6. The van der Waals surface area contributed by atoms with Gasteiger partial charge in [0.2, 0.25) is 5.91 Å². The third-order valence-corrected chi connectivity index (χ3v) is 3.48. The maximum absolute atomic E-state index is 11.9. The molecule has 2 rings (SSSR count). The van der Waals surface area contributed by atoms with Gasteiger partial charge in [0, 0.05) is 25.1 Å². The highest BCUT2D eigenvalue weighted by Crippen LogP contribution is 2.22. The van der Waals surface area contributed by atoms with E-state index in [0.29, 0.717) is 18.8 Å². The van der Waals surface area contributed by atoms with Crippen LogP contribution in [0.2, 0.25) is 0 Å². The molecule has 1 atom stereocenters. The Morgan fingerprint density at radius 2 is 2.10 bits per heavy atom. The molecule has 112 valence electrons. The van der Waals surface area contributed by atoms with Crippen LogP contribution in [0.15, 0.2) is 36.4 Å². The average Bonchev–Trinajstić information content (AvgIpc) is 2.52. The lowest BCUT2D eigenvalue weighted by Crippen LogP contribution is -2.34. The quantitative estimate of drug-likeness (QED) is 0.365. The number of nitrogens with zero attached hydrogens (tertiary/aromatic N) is 1. The maximum Gasteiger partial charge on any atom is 0.292 e. The van der Waals surface area contributed by atoms with E-state index in [0.717, 1.165) is 19.3 Å². The number of hydrogen-bond acceptors (Lipinski definition) is 4. The summed E-state index contributed by atoms with van der Waals surface area (Å²) in [5.74, 6) is 0.116. The summed E-state index contributed by atoms with van der Waals surface area (Å²) in [5, 5.41) is 16.7. The van der Waals surface area contributed by atoms with Crippen molar-refractivity contribution in [1.29, 1.82) is 0 Å². The molecule has 1 amide bonds. The average molecular weight is 289 g/mol. The lowest BCUT2D eigenvalue weighted by Gasteiger charge is -2.17. The maximum atomic E-state index is 11.9. The molecule has 0 saturated heterocycles. The van der Waals surface area contributed by atoms with Crippen molar-refractivity contribution in [3.63, 3.8) is 0 Å². The lowest BCUT2D eigenvalue weighted by atomic mass is 9.94. The fourth-order valence-electron chi connectivity index (χ4n) is 2.34. The summed E-state index contributed by atoms with van der Waals surface area (Å²) in [6.45, 7) is 0.907. The summed E-state index contributed by atoms with van der Waals surface area (Å²) < 4.78 is 0. The van der Waals surface area contributed by atoms with Crippen LogP contribution in [-0.2, 0) is 4.79 Å².